The number of amides is 2. The number of benzene rings is 3. The average Bonchev–Trinajstić information content (AvgIpc) is 3.42. The molecule has 0 bridgehead atoms. The zero-order valence-corrected chi connectivity index (χ0v) is 21.3. The number of aromatic amines is 1. The van der Waals surface area contributed by atoms with E-state index in [1.165, 1.54) is 0 Å². The van der Waals surface area contributed by atoms with Crippen LogP contribution in [0.25, 0.3) is 10.9 Å². The van der Waals surface area contributed by atoms with E-state index >= 15 is 0 Å². The van der Waals surface area contributed by atoms with E-state index in [9.17, 15) is 9.59 Å². The molecule has 0 aliphatic carbocycles. The minimum absolute atomic E-state index is 0.00921. The van der Waals surface area contributed by atoms with E-state index in [0.717, 1.165) is 22.0 Å². The van der Waals surface area contributed by atoms with Gasteiger partial charge in [0.1, 0.15) is 6.04 Å². The van der Waals surface area contributed by atoms with Gasteiger partial charge in [0.05, 0.1) is 12.1 Å². The summed E-state index contributed by atoms with van der Waals surface area (Å²) in [5.41, 5.74) is 4.47. The summed E-state index contributed by atoms with van der Waals surface area (Å²) in [4.78, 5) is 33.2. The lowest BCUT2D eigenvalue weighted by atomic mass is 10.1. The number of H-pyrrole nitrogens is 1. The molecule has 1 fully saturated rings. The molecule has 0 radical (unpaired) electrons. The fourth-order valence-corrected chi connectivity index (χ4v) is 4.97. The molecule has 8 heteroatoms. The molecule has 2 heterocycles. The first-order chi connectivity index (χ1) is 17.4. The van der Waals surface area contributed by atoms with Gasteiger partial charge in [0.2, 0.25) is 5.91 Å². The van der Waals surface area contributed by atoms with Crippen molar-refractivity contribution in [1.29, 1.82) is 0 Å². The van der Waals surface area contributed by atoms with E-state index in [4.69, 9.17) is 23.8 Å². The number of fused-ring (bicyclic) bond motifs is 1. The second kappa shape index (κ2) is 10.1. The maximum absolute atomic E-state index is 13.6. The fourth-order valence-electron chi connectivity index (χ4n) is 4.43. The fraction of sp³-hybridized carbons (Fsp3) is 0.179. The Labute approximate surface area is 219 Å². The summed E-state index contributed by atoms with van der Waals surface area (Å²) in [6.45, 7) is 2.49. The van der Waals surface area contributed by atoms with Gasteiger partial charge in [-0.1, -0.05) is 47.5 Å². The van der Waals surface area contributed by atoms with E-state index < -0.39 is 6.04 Å². The molecule has 0 saturated carbocycles. The third-order valence-electron chi connectivity index (χ3n) is 6.38. The Balaban J connectivity index is 1.36. The standard InChI is InChI=1S/C28H25ClN4O2S/c1-18-2-10-23(11-3-18)33-27(35)25(32(28(33)36)15-13-19-4-7-21(29)8-5-19)17-26(34)31-22-9-6-20-12-14-30-24(20)16-22/h2-12,14,16,25,30H,13,15,17H2,1H3,(H,31,34). The van der Waals surface area contributed by atoms with Crippen LogP contribution in [0.3, 0.4) is 0 Å². The van der Waals surface area contributed by atoms with Gasteiger partial charge < -0.3 is 15.2 Å². The number of nitrogens with zero attached hydrogens (tertiary/aromatic N) is 2. The molecule has 2 N–H and O–H groups in total. The van der Waals surface area contributed by atoms with Crippen LogP contribution in [-0.2, 0) is 16.0 Å². The Morgan fingerprint density at radius 1 is 1.06 bits per heavy atom. The van der Waals surface area contributed by atoms with Crippen molar-refractivity contribution in [1.82, 2.24) is 9.88 Å². The highest BCUT2D eigenvalue weighted by molar-refractivity contribution is 7.80. The number of hydrogen-bond donors (Lipinski definition) is 2. The van der Waals surface area contributed by atoms with E-state index in [2.05, 4.69) is 10.3 Å². The Morgan fingerprint density at radius 3 is 2.56 bits per heavy atom. The van der Waals surface area contributed by atoms with Crippen molar-refractivity contribution in [3.05, 3.63) is 95.1 Å². The van der Waals surface area contributed by atoms with Gasteiger partial charge in [-0.15, -0.1) is 0 Å². The Kier molecular flexibility index (Phi) is 6.76. The molecule has 4 aromatic rings. The van der Waals surface area contributed by atoms with Crippen LogP contribution >= 0.6 is 23.8 Å². The van der Waals surface area contributed by atoms with Gasteiger partial charge in [0.15, 0.2) is 5.11 Å². The number of halogens is 1. The monoisotopic (exact) mass is 516 g/mol. The zero-order chi connectivity index (χ0) is 25.2. The molecule has 1 saturated heterocycles. The van der Waals surface area contributed by atoms with Gasteiger partial charge in [0, 0.05) is 29.0 Å². The van der Waals surface area contributed by atoms with Crippen LogP contribution in [-0.4, -0.2) is 39.4 Å². The highest BCUT2D eigenvalue weighted by atomic mass is 35.5. The van der Waals surface area contributed by atoms with Crippen molar-refractivity contribution in [2.24, 2.45) is 0 Å². The highest BCUT2D eigenvalue weighted by Crippen LogP contribution is 2.28. The summed E-state index contributed by atoms with van der Waals surface area (Å²) in [6, 6.07) is 22.2. The van der Waals surface area contributed by atoms with Gasteiger partial charge in [-0.3, -0.25) is 14.5 Å². The number of rotatable bonds is 7. The van der Waals surface area contributed by atoms with E-state index in [-0.39, 0.29) is 18.2 Å². The van der Waals surface area contributed by atoms with Gasteiger partial charge in [-0.05, 0) is 79.0 Å². The molecule has 2 amide bonds. The number of carbonyl (C=O) groups excluding carboxylic acids is 2. The molecule has 3 aromatic carbocycles. The first kappa shape index (κ1) is 24.0. The molecule has 1 aromatic heterocycles. The van der Waals surface area contributed by atoms with E-state index in [1.54, 1.807) is 4.90 Å². The van der Waals surface area contributed by atoms with Crippen molar-refractivity contribution in [3.8, 4) is 0 Å². The predicted octanol–water partition coefficient (Wildman–Crippen LogP) is 5.70. The maximum atomic E-state index is 13.6. The number of carbonyl (C=O) groups is 2. The highest BCUT2D eigenvalue weighted by Gasteiger charge is 2.43. The zero-order valence-electron chi connectivity index (χ0n) is 19.7. The molecule has 0 spiro atoms. The normalized spacial score (nSPS) is 15.7. The summed E-state index contributed by atoms with van der Waals surface area (Å²) in [5, 5.41) is 5.07. The lowest BCUT2D eigenvalue weighted by Crippen LogP contribution is -2.39. The van der Waals surface area contributed by atoms with Crippen LogP contribution in [0.4, 0.5) is 11.4 Å². The lowest BCUT2D eigenvalue weighted by molar-refractivity contribution is -0.124. The topological polar surface area (TPSA) is 68.4 Å². The Morgan fingerprint density at radius 2 is 1.81 bits per heavy atom. The molecule has 1 atom stereocenters. The summed E-state index contributed by atoms with van der Waals surface area (Å²) in [5.74, 6) is -0.445. The molecule has 6 nitrogen and oxygen atoms in total. The molecule has 1 unspecified atom stereocenters. The van der Waals surface area contributed by atoms with Crippen molar-refractivity contribution in [2.75, 3.05) is 16.8 Å². The van der Waals surface area contributed by atoms with Crippen molar-refractivity contribution < 1.29 is 9.59 Å². The first-order valence-electron chi connectivity index (χ1n) is 11.7. The van der Waals surface area contributed by atoms with E-state index in [1.807, 2.05) is 90.8 Å². The van der Waals surface area contributed by atoms with Crippen LogP contribution in [0.1, 0.15) is 17.5 Å². The van der Waals surface area contributed by atoms with Gasteiger partial charge in [-0.2, -0.15) is 0 Å². The Bertz CT molecular complexity index is 1430. The lowest BCUT2D eigenvalue weighted by Gasteiger charge is -2.24. The third-order valence-corrected chi connectivity index (χ3v) is 7.05. The maximum Gasteiger partial charge on any atom is 0.256 e. The average molecular weight is 517 g/mol. The SMILES string of the molecule is Cc1ccc(N2C(=O)C(CC(=O)Nc3ccc4cc[nH]c4c3)N(CCc3ccc(Cl)cc3)C2=S)cc1. The molecular weight excluding hydrogens is 492 g/mol. The van der Waals surface area contributed by atoms with Crippen LogP contribution in [0.15, 0.2) is 79.0 Å². The van der Waals surface area contributed by atoms with E-state index in [0.29, 0.717) is 34.5 Å². The summed E-state index contributed by atoms with van der Waals surface area (Å²) in [6.07, 6.45) is 2.51. The number of aromatic nitrogens is 1. The minimum Gasteiger partial charge on any atom is -0.361 e. The molecule has 36 heavy (non-hydrogen) atoms. The number of nitrogens with one attached hydrogen (secondary N) is 2. The number of thiocarbonyl (C=S) groups is 1. The summed E-state index contributed by atoms with van der Waals surface area (Å²) in [7, 11) is 0. The van der Waals surface area contributed by atoms with Crippen molar-refractivity contribution in [2.45, 2.75) is 25.8 Å². The van der Waals surface area contributed by atoms with Crippen LogP contribution in [0.5, 0.6) is 0 Å². The third kappa shape index (κ3) is 4.98. The second-order valence-electron chi connectivity index (χ2n) is 8.91. The minimum atomic E-state index is -0.694. The van der Waals surface area contributed by atoms with Crippen LogP contribution in [0.2, 0.25) is 5.02 Å². The smallest absolute Gasteiger partial charge is 0.256 e. The van der Waals surface area contributed by atoms with Gasteiger partial charge in [-0.25, -0.2) is 0 Å². The molecule has 5 rings (SSSR count). The first-order valence-corrected chi connectivity index (χ1v) is 12.5. The van der Waals surface area contributed by atoms with Crippen molar-refractivity contribution >= 4 is 63.0 Å². The molecule has 1 aliphatic rings. The molecule has 1 aliphatic heterocycles. The quantitative estimate of drug-likeness (QED) is 0.309. The van der Waals surface area contributed by atoms with Gasteiger partial charge >= 0.3 is 0 Å². The second-order valence-corrected chi connectivity index (χ2v) is 9.71. The Hall–Kier alpha value is -3.68. The van der Waals surface area contributed by atoms with Crippen LogP contribution in [0, 0.1) is 6.92 Å². The molecular formula is C28H25ClN4O2S. The van der Waals surface area contributed by atoms with Crippen molar-refractivity contribution in [3.63, 3.8) is 0 Å². The largest absolute Gasteiger partial charge is 0.361 e. The molecule has 182 valence electrons. The summed E-state index contributed by atoms with van der Waals surface area (Å²) >= 11 is 11.8. The summed E-state index contributed by atoms with van der Waals surface area (Å²) < 4.78 is 0. The van der Waals surface area contributed by atoms with Crippen LogP contribution < -0.4 is 10.2 Å². The number of hydrogen-bond acceptors (Lipinski definition) is 3. The number of anilines is 2. The number of aryl methyl sites for hydroxylation is 1. The van der Waals surface area contributed by atoms with Gasteiger partial charge in [0.25, 0.3) is 5.91 Å². The predicted molar refractivity (Wildman–Crippen MR) is 148 cm³/mol.